The lowest BCUT2D eigenvalue weighted by atomic mass is 10.0. The third-order valence-corrected chi connectivity index (χ3v) is 3.43. The van der Waals surface area contributed by atoms with Gasteiger partial charge in [0.25, 0.3) is 0 Å². The maximum Gasteiger partial charge on any atom is 0.514 e. The van der Waals surface area contributed by atoms with Crippen LogP contribution in [0.5, 0.6) is 11.5 Å². The second kappa shape index (κ2) is 8.08. The highest BCUT2D eigenvalue weighted by Crippen LogP contribution is 2.37. The van der Waals surface area contributed by atoms with Gasteiger partial charge in [0.05, 0.1) is 12.2 Å². The number of hydrogen-bond donors (Lipinski definition) is 0. The van der Waals surface area contributed by atoms with Crippen LogP contribution in [0, 0.1) is 13.8 Å². The van der Waals surface area contributed by atoms with Gasteiger partial charge in [-0.05, 0) is 59.2 Å². The quantitative estimate of drug-likeness (QED) is 0.544. The summed E-state index contributed by atoms with van der Waals surface area (Å²) in [5, 5.41) is 1.28. The maximum atomic E-state index is 11.9. The molecule has 0 fully saturated rings. The molecule has 0 N–H and O–H groups in total. The molecule has 140 valence electrons. The Morgan fingerprint density at radius 1 is 0.808 bits per heavy atom. The molecule has 0 amide bonds. The standard InChI is InChI=1S/C20H24O6/c1-11(2)23-19(21)25-17-10-14(6)18(26-20(22)24-12(3)4)15-8-7-13(5)9-16(15)17/h7-12H,1-6H3. The van der Waals surface area contributed by atoms with Crippen molar-refractivity contribution in [1.82, 2.24) is 0 Å². The van der Waals surface area contributed by atoms with Crippen LogP contribution >= 0.6 is 0 Å². The van der Waals surface area contributed by atoms with E-state index >= 15 is 0 Å². The van der Waals surface area contributed by atoms with Crippen LogP contribution in [0.15, 0.2) is 24.3 Å². The zero-order chi connectivity index (χ0) is 19.4. The van der Waals surface area contributed by atoms with Crippen LogP contribution in [0.2, 0.25) is 0 Å². The highest BCUT2D eigenvalue weighted by molar-refractivity contribution is 5.97. The first-order valence-corrected chi connectivity index (χ1v) is 8.48. The van der Waals surface area contributed by atoms with Crippen molar-refractivity contribution in [1.29, 1.82) is 0 Å². The Morgan fingerprint density at radius 3 is 1.96 bits per heavy atom. The third-order valence-electron chi connectivity index (χ3n) is 3.43. The molecule has 0 radical (unpaired) electrons. The van der Waals surface area contributed by atoms with E-state index in [2.05, 4.69) is 0 Å². The molecule has 6 nitrogen and oxygen atoms in total. The molecule has 2 rings (SSSR count). The lowest BCUT2D eigenvalue weighted by Crippen LogP contribution is -2.17. The zero-order valence-electron chi connectivity index (χ0n) is 15.9. The number of aryl methyl sites for hydroxylation is 2. The smallest absolute Gasteiger partial charge is 0.431 e. The van der Waals surface area contributed by atoms with E-state index in [1.54, 1.807) is 40.7 Å². The van der Waals surface area contributed by atoms with Gasteiger partial charge in [-0.25, -0.2) is 9.59 Å². The van der Waals surface area contributed by atoms with E-state index in [0.717, 1.165) is 5.56 Å². The summed E-state index contributed by atoms with van der Waals surface area (Å²) in [6.07, 6.45) is -2.14. The predicted octanol–water partition coefficient (Wildman–Crippen LogP) is 5.30. The van der Waals surface area contributed by atoms with E-state index in [9.17, 15) is 9.59 Å². The van der Waals surface area contributed by atoms with Gasteiger partial charge in [-0.3, -0.25) is 0 Å². The Kier molecular flexibility index (Phi) is 6.08. The van der Waals surface area contributed by atoms with Gasteiger partial charge in [0, 0.05) is 10.8 Å². The summed E-state index contributed by atoms with van der Waals surface area (Å²) in [6, 6.07) is 7.20. The molecule has 0 spiro atoms. The van der Waals surface area contributed by atoms with Gasteiger partial charge in [0.2, 0.25) is 0 Å². The second-order valence-corrected chi connectivity index (χ2v) is 6.61. The van der Waals surface area contributed by atoms with Crippen LogP contribution in [-0.4, -0.2) is 24.5 Å². The fourth-order valence-corrected chi connectivity index (χ4v) is 2.44. The van der Waals surface area contributed by atoms with Crippen molar-refractivity contribution >= 4 is 23.1 Å². The summed E-state index contributed by atoms with van der Waals surface area (Å²) >= 11 is 0. The van der Waals surface area contributed by atoms with E-state index in [1.165, 1.54) is 0 Å². The molecule has 0 aliphatic heterocycles. The molecular weight excluding hydrogens is 336 g/mol. The van der Waals surface area contributed by atoms with Gasteiger partial charge in [-0.2, -0.15) is 0 Å². The Balaban J connectivity index is 2.46. The number of carbonyl (C=O) groups excluding carboxylic acids is 2. The van der Waals surface area contributed by atoms with Crippen LogP contribution in [0.1, 0.15) is 38.8 Å². The first kappa shape index (κ1) is 19.6. The molecule has 0 aliphatic rings. The lowest BCUT2D eigenvalue weighted by Gasteiger charge is -2.16. The Morgan fingerprint density at radius 2 is 1.38 bits per heavy atom. The molecule has 0 unspecified atom stereocenters. The van der Waals surface area contributed by atoms with Crippen LogP contribution in [0.25, 0.3) is 10.8 Å². The summed E-state index contributed by atoms with van der Waals surface area (Å²) in [4.78, 5) is 23.8. The largest absolute Gasteiger partial charge is 0.514 e. The van der Waals surface area contributed by atoms with E-state index in [-0.39, 0.29) is 12.2 Å². The summed E-state index contributed by atoms with van der Waals surface area (Å²) in [5.74, 6) is 0.714. The van der Waals surface area contributed by atoms with Crippen LogP contribution < -0.4 is 9.47 Å². The molecule has 0 aromatic heterocycles. The van der Waals surface area contributed by atoms with Gasteiger partial charge in [-0.1, -0.05) is 17.7 Å². The van der Waals surface area contributed by atoms with Gasteiger partial charge in [-0.15, -0.1) is 0 Å². The summed E-state index contributed by atoms with van der Waals surface area (Å²) in [5.41, 5.74) is 1.61. The highest BCUT2D eigenvalue weighted by atomic mass is 16.7. The molecule has 0 saturated heterocycles. The molecular formula is C20H24O6. The number of carbonyl (C=O) groups is 2. The average molecular weight is 360 g/mol. The first-order chi connectivity index (χ1) is 12.2. The van der Waals surface area contributed by atoms with Gasteiger partial charge in [0.1, 0.15) is 11.5 Å². The van der Waals surface area contributed by atoms with Crippen molar-refractivity contribution in [2.45, 2.75) is 53.8 Å². The molecule has 0 aliphatic carbocycles. The number of ether oxygens (including phenoxy) is 4. The minimum Gasteiger partial charge on any atom is -0.431 e. The molecule has 0 heterocycles. The molecule has 26 heavy (non-hydrogen) atoms. The highest BCUT2D eigenvalue weighted by Gasteiger charge is 2.19. The number of benzene rings is 2. The molecule has 6 heteroatoms. The number of hydrogen-bond acceptors (Lipinski definition) is 6. The summed E-state index contributed by atoms with van der Waals surface area (Å²) in [6.45, 7) is 10.7. The van der Waals surface area contributed by atoms with Crippen molar-refractivity contribution in [3.05, 3.63) is 35.4 Å². The van der Waals surface area contributed by atoms with E-state index in [0.29, 0.717) is 27.8 Å². The molecule has 0 atom stereocenters. The van der Waals surface area contributed by atoms with Crippen LogP contribution in [0.3, 0.4) is 0 Å². The van der Waals surface area contributed by atoms with E-state index in [4.69, 9.17) is 18.9 Å². The van der Waals surface area contributed by atoms with Crippen molar-refractivity contribution < 1.29 is 28.5 Å². The summed E-state index contributed by atoms with van der Waals surface area (Å²) in [7, 11) is 0. The van der Waals surface area contributed by atoms with Gasteiger partial charge < -0.3 is 18.9 Å². The minimum absolute atomic E-state index is 0.287. The fourth-order valence-electron chi connectivity index (χ4n) is 2.44. The monoisotopic (exact) mass is 360 g/mol. The maximum absolute atomic E-state index is 11.9. The molecule has 2 aromatic carbocycles. The molecule has 0 saturated carbocycles. The summed E-state index contributed by atoms with van der Waals surface area (Å²) < 4.78 is 20.9. The van der Waals surface area contributed by atoms with Crippen molar-refractivity contribution in [2.75, 3.05) is 0 Å². The van der Waals surface area contributed by atoms with Gasteiger partial charge >= 0.3 is 12.3 Å². The van der Waals surface area contributed by atoms with Crippen LogP contribution in [0.4, 0.5) is 9.59 Å². The van der Waals surface area contributed by atoms with Crippen molar-refractivity contribution in [2.24, 2.45) is 0 Å². The topological polar surface area (TPSA) is 71.1 Å². The molecule has 2 aromatic rings. The van der Waals surface area contributed by atoms with E-state index < -0.39 is 12.3 Å². The SMILES string of the molecule is Cc1ccc2c(OC(=O)OC(C)C)c(C)cc(OC(=O)OC(C)C)c2c1. The Hall–Kier alpha value is -2.76. The minimum atomic E-state index is -0.782. The van der Waals surface area contributed by atoms with Crippen molar-refractivity contribution in [3.8, 4) is 11.5 Å². The average Bonchev–Trinajstić information content (AvgIpc) is 2.49. The van der Waals surface area contributed by atoms with Gasteiger partial charge in [0.15, 0.2) is 0 Å². The normalized spacial score (nSPS) is 10.9. The Bertz CT molecular complexity index is 823. The van der Waals surface area contributed by atoms with E-state index in [1.807, 2.05) is 25.1 Å². The number of rotatable bonds is 4. The number of fused-ring (bicyclic) bond motifs is 1. The second-order valence-electron chi connectivity index (χ2n) is 6.61. The molecule has 0 bridgehead atoms. The lowest BCUT2D eigenvalue weighted by molar-refractivity contribution is 0.0711. The fraction of sp³-hybridized carbons (Fsp3) is 0.400. The Labute approximate surface area is 153 Å². The first-order valence-electron chi connectivity index (χ1n) is 8.48. The van der Waals surface area contributed by atoms with Crippen LogP contribution in [-0.2, 0) is 9.47 Å². The van der Waals surface area contributed by atoms with Crippen molar-refractivity contribution in [3.63, 3.8) is 0 Å². The third kappa shape index (κ3) is 4.88. The zero-order valence-corrected chi connectivity index (χ0v) is 15.9. The predicted molar refractivity (Wildman–Crippen MR) is 97.9 cm³/mol.